The van der Waals surface area contributed by atoms with Crippen LogP contribution in [0.5, 0.6) is 0 Å². The van der Waals surface area contributed by atoms with E-state index < -0.39 is 11.9 Å². The van der Waals surface area contributed by atoms with Crippen molar-refractivity contribution in [1.29, 1.82) is 0 Å². The predicted molar refractivity (Wildman–Crippen MR) is 83.8 cm³/mol. The monoisotopic (exact) mass is 327 g/mol. The maximum absolute atomic E-state index is 8.93. The molecule has 0 unspecified atom stereocenters. The molecule has 0 radical (unpaired) electrons. The van der Waals surface area contributed by atoms with Crippen molar-refractivity contribution < 1.29 is 38.7 Å². The summed E-state index contributed by atoms with van der Waals surface area (Å²) in [7, 11) is 25.5. The summed E-state index contributed by atoms with van der Waals surface area (Å²) in [6.07, 6.45) is 0. The number of carbonyl (C=O) groups excluding carboxylic acids is 2. The predicted octanol–water partition coefficient (Wildman–Crippen LogP) is -2.72. The van der Waals surface area contributed by atoms with E-state index in [0.717, 1.165) is 13.4 Å². The summed E-state index contributed by atoms with van der Waals surface area (Å²) < 4.78 is 3.00. The third-order valence-electron chi connectivity index (χ3n) is 0.167. The third kappa shape index (κ3) is 768. The molecule has 0 spiro atoms. The number of nitrogens with zero attached hydrogens (tertiary/aromatic N) is 3. The van der Waals surface area contributed by atoms with E-state index in [-0.39, 0.29) is 5.48 Å². The van der Waals surface area contributed by atoms with Crippen LogP contribution in [0.15, 0.2) is 0 Å². The highest BCUT2D eigenvalue weighted by Gasteiger charge is 1.89. The van der Waals surface area contributed by atoms with E-state index in [0.29, 0.717) is 0 Å². The van der Waals surface area contributed by atoms with Crippen LogP contribution in [0.2, 0.25) is 0 Å². The molecule has 0 aromatic rings. The van der Waals surface area contributed by atoms with Gasteiger partial charge in [-0.25, -0.2) is 0 Å². The van der Waals surface area contributed by atoms with Crippen LogP contribution in [0, 0.1) is 0 Å². The van der Waals surface area contributed by atoms with Crippen molar-refractivity contribution in [1.82, 2.24) is 0 Å². The molecule has 0 aliphatic carbocycles. The number of quaternary nitrogens is 3. The normalized spacial score (nSPS) is 10.2. The van der Waals surface area contributed by atoms with Crippen LogP contribution in [0.4, 0.5) is 0 Å². The average Bonchev–Trinajstić information content (AvgIpc) is 1.92. The number of carboxylic acid groups (broad SMARTS) is 2. The second-order valence-electron chi connectivity index (χ2n) is 8.62. The largest absolute Gasteiger partial charge is 0.870 e. The first-order chi connectivity index (χ1) is 8.64. The first kappa shape index (κ1) is 32.7. The van der Waals surface area contributed by atoms with Gasteiger partial charge in [0.1, 0.15) is 0 Å². The molecule has 0 amide bonds. The summed E-state index contributed by atoms with van der Waals surface area (Å²) in [6.45, 7) is 0. The first-order valence-electron chi connectivity index (χ1n) is 6.43. The quantitative estimate of drug-likeness (QED) is 0.354. The number of carbonyl (C=O) groups is 2. The zero-order valence-electron chi connectivity index (χ0n) is 16.4. The molecule has 0 aromatic heterocycles. The second-order valence-corrected chi connectivity index (χ2v) is 8.62. The van der Waals surface area contributed by atoms with Crippen molar-refractivity contribution in [2.75, 3.05) is 84.6 Å². The molecule has 0 aliphatic heterocycles. The van der Waals surface area contributed by atoms with Crippen molar-refractivity contribution in [3.63, 3.8) is 0 Å². The lowest BCUT2D eigenvalue weighted by molar-refractivity contribution is -0.849. The summed E-state index contributed by atoms with van der Waals surface area (Å²) >= 11 is 0. The highest BCUT2D eigenvalue weighted by molar-refractivity contribution is 6.25. The summed E-state index contributed by atoms with van der Waals surface area (Å²) in [5.74, 6) is -4.37. The van der Waals surface area contributed by atoms with E-state index in [4.69, 9.17) is 19.8 Å². The number of carboxylic acids is 2. The minimum Gasteiger partial charge on any atom is -0.870 e. The van der Waals surface area contributed by atoms with Gasteiger partial charge in [-0.3, -0.25) is 0 Å². The van der Waals surface area contributed by atoms with Gasteiger partial charge in [-0.2, -0.15) is 0 Å². The third-order valence-corrected chi connectivity index (χ3v) is 0.167. The lowest BCUT2D eigenvalue weighted by atomic mass is 10.7. The second kappa shape index (κ2) is 13.4. The van der Waals surface area contributed by atoms with Gasteiger partial charge in [-0.1, -0.05) is 0 Å². The molecule has 0 aliphatic rings. The number of hydrogen-bond donors (Lipinski definition) is 0. The van der Waals surface area contributed by atoms with E-state index in [1.165, 1.54) is 0 Å². The zero-order chi connectivity index (χ0) is 18.7. The van der Waals surface area contributed by atoms with E-state index in [1.54, 1.807) is 0 Å². The molecule has 0 atom stereocenters. The lowest BCUT2D eigenvalue weighted by Crippen LogP contribution is -2.42. The first-order valence-corrected chi connectivity index (χ1v) is 6.43. The highest BCUT2D eigenvalue weighted by atomic mass is 16.4. The van der Waals surface area contributed by atoms with Crippen LogP contribution >= 0.6 is 0 Å². The van der Waals surface area contributed by atoms with Gasteiger partial charge in [-0.05, 0) is 0 Å². The molecule has 138 valence electrons. The van der Waals surface area contributed by atoms with Gasteiger partial charge in [0.25, 0.3) is 0 Å². The molecule has 0 saturated carbocycles. The Hall–Kier alpha value is -1.22. The molecule has 0 saturated heterocycles. The number of hydrogen-bond acceptors (Lipinski definition) is 5. The Labute approximate surface area is 136 Å². The topological polar surface area (TPSA) is 110 Å². The molecule has 0 heterocycles. The fraction of sp³-hybridized carbons (Fsp3) is 0.857. The average molecular weight is 327 g/mol. The minimum atomic E-state index is -2.19. The lowest BCUT2D eigenvalue weighted by Gasteiger charge is -2.14. The fourth-order valence-corrected chi connectivity index (χ4v) is 0. The molecule has 8 nitrogen and oxygen atoms in total. The summed E-state index contributed by atoms with van der Waals surface area (Å²) in [5, 5.41) is 17.9. The highest BCUT2D eigenvalue weighted by Crippen LogP contribution is 1.74. The smallest absolute Gasteiger partial charge is 0.0870 e. The molecule has 0 bridgehead atoms. The van der Waals surface area contributed by atoms with Gasteiger partial charge in [0.2, 0.25) is 0 Å². The van der Waals surface area contributed by atoms with E-state index in [2.05, 4.69) is 84.6 Å². The van der Waals surface area contributed by atoms with Gasteiger partial charge < -0.3 is 38.7 Å². The van der Waals surface area contributed by atoms with Crippen LogP contribution in [0.3, 0.4) is 0 Å². The van der Waals surface area contributed by atoms with Crippen molar-refractivity contribution in [3.05, 3.63) is 0 Å². The summed E-state index contributed by atoms with van der Waals surface area (Å²) in [6, 6.07) is 0. The number of rotatable bonds is 0. The molecule has 1 N–H and O–H groups in total. The Balaban J connectivity index is -0.0000000577. The Bertz CT molecular complexity index is 228. The van der Waals surface area contributed by atoms with Crippen LogP contribution < -0.4 is 10.2 Å². The Morgan fingerprint density at radius 2 is 0.545 bits per heavy atom. The molecule has 0 aromatic carbocycles. The molecular weight excluding hydrogens is 290 g/mol. The van der Waals surface area contributed by atoms with Crippen molar-refractivity contribution in [3.8, 4) is 0 Å². The van der Waals surface area contributed by atoms with E-state index in [9.17, 15) is 0 Å². The maximum atomic E-state index is 8.93. The van der Waals surface area contributed by atoms with Crippen molar-refractivity contribution in [2.24, 2.45) is 0 Å². The molecular formula is C14H37N3O5. The van der Waals surface area contributed by atoms with Crippen LogP contribution in [0.25, 0.3) is 0 Å². The summed E-state index contributed by atoms with van der Waals surface area (Å²) in [5.41, 5.74) is 0. The molecule has 8 heteroatoms. The maximum Gasteiger partial charge on any atom is 0.0870 e. The van der Waals surface area contributed by atoms with Gasteiger partial charge in [0.15, 0.2) is 0 Å². The Kier molecular flexibility index (Phi) is 20.0. The van der Waals surface area contributed by atoms with Crippen LogP contribution in [0.1, 0.15) is 0 Å². The van der Waals surface area contributed by atoms with E-state index in [1.807, 2.05) is 0 Å². The van der Waals surface area contributed by atoms with Crippen LogP contribution in [-0.4, -0.2) is 115 Å². The van der Waals surface area contributed by atoms with Crippen molar-refractivity contribution >= 4 is 11.9 Å². The van der Waals surface area contributed by atoms with Crippen molar-refractivity contribution in [2.45, 2.75) is 0 Å². The molecule has 0 rings (SSSR count). The molecule has 0 fully saturated rings. The Morgan fingerprint density at radius 1 is 0.500 bits per heavy atom. The van der Waals surface area contributed by atoms with Crippen LogP contribution in [-0.2, 0) is 9.59 Å². The van der Waals surface area contributed by atoms with Gasteiger partial charge >= 0.3 is 0 Å². The van der Waals surface area contributed by atoms with Gasteiger partial charge in [0, 0.05) is 0 Å². The standard InChI is InChI=1S/3C4H12N.C2H2O4.H2O/c3*1-5(2,3)4;3-1(4)2(5)6;/h3*1-4H3;(H,3,4)(H,5,6);1H2/q3*+1;;/p-3. The van der Waals surface area contributed by atoms with E-state index >= 15 is 0 Å². The zero-order valence-corrected chi connectivity index (χ0v) is 16.4. The summed E-state index contributed by atoms with van der Waals surface area (Å²) in [4.78, 5) is 17.9. The SMILES string of the molecule is C[N+](C)(C)C.C[N+](C)(C)C.C[N+](C)(C)C.O=C([O-])C(=O)[O-].[OH-]. The molecule has 22 heavy (non-hydrogen) atoms. The number of aliphatic carboxylic acids is 2. The fourth-order valence-electron chi connectivity index (χ4n) is 0. The minimum absolute atomic E-state index is 0. The van der Waals surface area contributed by atoms with Gasteiger partial charge in [-0.15, -0.1) is 0 Å². The Morgan fingerprint density at radius 3 is 0.545 bits per heavy atom. The van der Waals surface area contributed by atoms with Gasteiger partial charge in [0.05, 0.1) is 96.5 Å².